The number of rotatable bonds is 1. The van der Waals surface area contributed by atoms with Gasteiger partial charge in [-0.15, -0.1) is 13.2 Å². The molecule has 96 valence electrons. The number of hydrogen-bond acceptors (Lipinski definition) is 2. The van der Waals surface area contributed by atoms with Crippen LogP contribution in [-0.4, -0.2) is 6.36 Å². The predicted molar refractivity (Wildman–Crippen MR) is 64.0 cm³/mol. The quantitative estimate of drug-likeness (QED) is 0.785. The van der Waals surface area contributed by atoms with Crippen LogP contribution >= 0.6 is 0 Å². The van der Waals surface area contributed by atoms with Crippen molar-refractivity contribution in [3.8, 4) is 5.75 Å². The first-order valence-corrected chi connectivity index (χ1v) is 5.09. The molecule has 0 bridgehead atoms. The smallest absolute Gasteiger partial charge is 0.406 e. The Morgan fingerprint density at radius 3 is 1.56 bits per heavy atom. The van der Waals surface area contributed by atoms with Crippen molar-refractivity contribution in [1.29, 1.82) is 0 Å². The van der Waals surface area contributed by atoms with Crippen LogP contribution < -0.4 is 10.5 Å². The molecule has 0 heterocycles. The van der Waals surface area contributed by atoms with E-state index < -0.39 is 6.36 Å². The molecule has 0 aliphatic rings. The predicted octanol–water partition coefficient (Wildman–Crippen LogP) is 3.85. The molecule has 0 fully saturated rings. The van der Waals surface area contributed by atoms with Crippen molar-refractivity contribution >= 4 is 5.69 Å². The van der Waals surface area contributed by atoms with E-state index in [0.717, 1.165) is 5.69 Å². The van der Waals surface area contributed by atoms with Gasteiger partial charge in [0.15, 0.2) is 0 Å². The molecule has 0 saturated heterocycles. The minimum atomic E-state index is -4.60. The number of nitrogens with two attached hydrogens (primary N) is 1. The van der Waals surface area contributed by atoms with E-state index in [1.165, 1.54) is 24.3 Å². The van der Waals surface area contributed by atoms with Gasteiger partial charge in [0.25, 0.3) is 0 Å². The third kappa shape index (κ3) is 6.42. The molecule has 0 aliphatic heterocycles. The van der Waals surface area contributed by atoms with Gasteiger partial charge in [0.2, 0.25) is 0 Å². The zero-order valence-corrected chi connectivity index (χ0v) is 9.39. The Hall–Kier alpha value is -2.17. The van der Waals surface area contributed by atoms with Crippen molar-refractivity contribution in [3.05, 3.63) is 60.7 Å². The first-order chi connectivity index (χ1) is 8.47. The van der Waals surface area contributed by atoms with Crippen LogP contribution in [0, 0.1) is 0 Å². The summed E-state index contributed by atoms with van der Waals surface area (Å²) in [7, 11) is 0. The van der Waals surface area contributed by atoms with Crippen LogP contribution in [0.1, 0.15) is 0 Å². The molecule has 18 heavy (non-hydrogen) atoms. The zero-order chi connectivity index (χ0) is 13.4. The van der Waals surface area contributed by atoms with Gasteiger partial charge >= 0.3 is 6.36 Å². The van der Waals surface area contributed by atoms with Crippen molar-refractivity contribution in [1.82, 2.24) is 0 Å². The van der Waals surface area contributed by atoms with Crippen LogP contribution in [0.15, 0.2) is 60.7 Å². The molecular weight excluding hydrogens is 243 g/mol. The SMILES string of the molecule is FC(F)(F)Oc1ccccc1.Nc1ccccc1. The maximum absolute atomic E-state index is 11.5. The molecule has 0 unspecified atom stereocenters. The van der Waals surface area contributed by atoms with Crippen molar-refractivity contribution < 1.29 is 17.9 Å². The molecular formula is C13H12F3NO. The number of hydrogen-bond donors (Lipinski definition) is 1. The summed E-state index contributed by atoms with van der Waals surface area (Å²) in [5.41, 5.74) is 6.18. The summed E-state index contributed by atoms with van der Waals surface area (Å²) in [5, 5.41) is 0. The van der Waals surface area contributed by atoms with E-state index in [0.29, 0.717) is 0 Å². The highest BCUT2D eigenvalue weighted by atomic mass is 19.4. The van der Waals surface area contributed by atoms with E-state index in [1.807, 2.05) is 30.3 Å². The highest BCUT2D eigenvalue weighted by Crippen LogP contribution is 2.21. The van der Waals surface area contributed by atoms with E-state index in [-0.39, 0.29) is 5.75 Å². The van der Waals surface area contributed by atoms with Crippen molar-refractivity contribution in [2.24, 2.45) is 0 Å². The molecule has 2 nitrogen and oxygen atoms in total. The fourth-order valence-corrected chi connectivity index (χ4v) is 1.08. The van der Waals surface area contributed by atoms with Crippen molar-refractivity contribution in [2.75, 3.05) is 5.73 Å². The fraction of sp³-hybridized carbons (Fsp3) is 0.0769. The van der Waals surface area contributed by atoms with Crippen molar-refractivity contribution in [3.63, 3.8) is 0 Å². The second-order valence-corrected chi connectivity index (χ2v) is 3.27. The highest BCUT2D eigenvalue weighted by Gasteiger charge is 2.30. The molecule has 0 aliphatic carbocycles. The number of ether oxygens (including phenoxy) is 1. The van der Waals surface area contributed by atoms with Gasteiger partial charge < -0.3 is 10.5 Å². The number of nitrogen functional groups attached to an aromatic ring is 1. The topological polar surface area (TPSA) is 35.2 Å². The number of anilines is 1. The normalized spacial score (nSPS) is 10.2. The monoisotopic (exact) mass is 255 g/mol. The van der Waals surface area contributed by atoms with E-state index in [4.69, 9.17) is 5.73 Å². The average molecular weight is 255 g/mol. The molecule has 2 rings (SSSR count). The second-order valence-electron chi connectivity index (χ2n) is 3.27. The Kier molecular flexibility index (Phi) is 5.05. The molecule has 0 saturated carbocycles. The second kappa shape index (κ2) is 6.54. The van der Waals surface area contributed by atoms with Crippen LogP contribution in [0.25, 0.3) is 0 Å². The summed E-state index contributed by atoms with van der Waals surface area (Å²) >= 11 is 0. The molecule has 0 aromatic heterocycles. The van der Waals surface area contributed by atoms with Crippen LogP contribution in [0.2, 0.25) is 0 Å². The summed E-state index contributed by atoms with van der Waals surface area (Å²) in [4.78, 5) is 0. The summed E-state index contributed by atoms with van der Waals surface area (Å²) < 4.78 is 38.2. The van der Waals surface area contributed by atoms with Gasteiger partial charge in [0.05, 0.1) is 0 Å². The van der Waals surface area contributed by atoms with Gasteiger partial charge in [0, 0.05) is 5.69 Å². The molecule has 0 amide bonds. The van der Waals surface area contributed by atoms with Gasteiger partial charge in [-0.05, 0) is 24.3 Å². The average Bonchev–Trinajstić information content (AvgIpc) is 2.30. The van der Waals surface area contributed by atoms with E-state index in [1.54, 1.807) is 6.07 Å². The number of benzene rings is 2. The van der Waals surface area contributed by atoms with Gasteiger partial charge in [-0.3, -0.25) is 0 Å². The fourth-order valence-electron chi connectivity index (χ4n) is 1.08. The maximum atomic E-state index is 11.5. The van der Waals surface area contributed by atoms with Gasteiger partial charge in [-0.1, -0.05) is 36.4 Å². The summed E-state index contributed by atoms with van der Waals surface area (Å²) in [6.07, 6.45) is -4.60. The Bertz CT molecular complexity index is 443. The van der Waals surface area contributed by atoms with E-state index >= 15 is 0 Å². The molecule has 0 atom stereocenters. The maximum Gasteiger partial charge on any atom is 0.573 e. The Balaban J connectivity index is 0.000000199. The van der Waals surface area contributed by atoms with Gasteiger partial charge in [0.1, 0.15) is 5.75 Å². The zero-order valence-electron chi connectivity index (χ0n) is 9.39. The van der Waals surface area contributed by atoms with Gasteiger partial charge in [-0.2, -0.15) is 0 Å². The van der Waals surface area contributed by atoms with E-state index in [9.17, 15) is 13.2 Å². The van der Waals surface area contributed by atoms with Crippen LogP contribution in [0.5, 0.6) is 5.75 Å². The minimum absolute atomic E-state index is 0.194. The summed E-state index contributed by atoms with van der Waals surface area (Å²) in [6.45, 7) is 0. The molecule has 0 spiro atoms. The number of para-hydroxylation sites is 2. The lowest BCUT2D eigenvalue weighted by atomic mass is 10.3. The molecule has 2 aromatic rings. The Labute approximate surface area is 103 Å². The lowest BCUT2D eigenvalue weighted by Gasteiger charge is -2.07. The Morgan fingerprint density at radius 2 is 1.22 bits per heavy atom. The summed E-state index contributed by atoms with van der Waals surface area (Å²) in [6, 6.07) is 16.5. The van der Waals surface area contributed by atoms with Crippen LogP contribution in [0.3, 0.4) is 0 Å². The third-order valence-electron chi connectivity index (χ3n) is 1.78. The molecule has 0 radical (unpaired) electrons. The third-order valence-corrected chi connectivity index (χ3v) is 1.78. The van der Waals surface area contributed by atoms with Crippen LogP contribution in [0.4, 0.5) is 18.9 Å². The first kappa shape index (κ1) is 13.9. The number of halogens is 3. The largest absolute Gasteiger partial charge is 0.573 e. The molecule has 2 aromatic carbocycles. The minimum Gasteiger partial charge on any atom is -0.406 e. The highest BCUT2D eigenvalue weighted by molar-refractivity contribution is 5.35. The first-order valence-electron chi connectivity index (χ1n) is 5.09. The lowest BCUT2D eigenvalue weighted by molar-refractivity contribution is -0.274. The summed E-state index contributed by atoms with van der Waals surface area (Å²) in [5.74, 6) is -0.194. The molecule has 2 N–H and O–H groups in total. The standard InChI is InChI=1S/C7H5F3O.C6H7N/c8-7(9,10)11-6-4-2-1-3-5-6;7-6-4-2-1-3-5-6/h1-5H;1-5H,7H2. The van der Waals surface area contributed by atoms with Crippen molar-refractivity contribution in [2.45, 2.75) is 6.36 Å². The van der Waals surface area contributed by atoms with Gasteiger partial charge in [-0.25, -0.2) is 0 Å². The van der Waals surface area contributed by atoms with Crippen LogP contribution in [-0.2, 0) is 0 Å². The molecule has 5 heteroatoms. The van der Waals surface area contributed by atoms with E-state index in [2.05, 4.69) is 4.74 Å². The number of alkyl halides is 3. The lowest BCUT2D eigenvalue weighted by Crippen LogP contribution is -2.16. The Morgan fingerprint density at radius 1 is 0.778 bits per heavy atom.